The zero-order valence-electron chi connectivity index (χ0n) is 12.6. The highest BCUT2D eigenvalue weighted by molar-refractivity contribution is 5.92. The summed E-state index contributed by atoms with van der Waals surface area (Å²) in [6.07, 6.45) is 3.32. The molecule has 0 fully saturated rings. The number of hydrogen-bond acceptors (Lipinski definition) is 4. The number of pyridine rings is 2. The number of nitrogens with zero attached hydrogens (tertiary/aromatic N) is 2. The summed E-state index contributed by atoms with van der Waals surface area (Å²) in [5.41, 5.74) is 3.00. The number of aromatic nitrogens is 2. The first-order valence-corrected chi connectivity index (χ1v) is 6.78. The maximum absolute atomic E-state index is 12.3. The number of esters is 1. The summed E-state index contributed by atoms with van der Waals surface area (Å²) >= 11 is 0. The minimum Gasteiger partial charge on any atom is -0.462 e. The second kappa shape index (κ2) is 5.91. The molecule has 110 valence electrons. The first-order chi connectivity index (χ1) is 9.95. The van der Waals surface area contributed by atoms with E-state index in [2.05, 4.69) is 4.98 Å². The van der Waals surface area contributed by atoms with Gasteiger partial charge >= 0.3 is 5.97 Å². The van der Waals surface area contributed by atoms with Crippen molar-refractivity contribution in [2.75, 3.05) is 6.61 Å². The third-order valence-corrected chi connectivity index (χ3v) is 3.25. The summed E-state index contributed by atoms with van der Waals surface area (Å²) < 4.78 is 6.56. The summed E-state index contributed by atoms with van der Waals surface area (Å²) in [6.45, 7) is 7.42. The van der Waals surface area contributed by atoms with Crippen molar-refractivity contribution in [2.45, 2.75) is 27.7 Å². The molecule has 0 spiro atoms. The number of aryl methyl sites for hydroxylation is 2. The molecule has 0 aliphatic rings. The predicted octanol–water partition coefficient (Wildman–Crippen LogP) is 2.33. The molecule has 2 rings (SSSR count). The molecular weight excluding hydrogens is 268 g/mol. The quantitative estimate of drug-likeness (QED) is 0.812. The fourth-order valence-electron chi connectivity index (χ4n) is 2.38. The monoisotopic (exact) mass is 286 g/mol. The second-order valence-corrected chi connectivity index (χ2v) is 4.90. The van der Waals surface area contributed by atoms with E-state index in [0.717, 1.165) is 5.56 Å². The zero-order valence-corrected chi connectivity index (χ0v) is 12.6. The van der Waals surface area contributed by atoms with Crippen LogP contribution in [0.1, 0.15) is 34.1 Å². The van der Waals surface area contributed by atoms with E-state index in [1.54, 1.807) is 33.2 Å². The summed E-state index contributed by atoms with van der Waals surface area (Å²) in [6, 6.07) is 3.30. The van der Waals surface area contributed by atoms with Crippen molar-refractivity contribution in [1.29, 1.82) is 0 Å². The average molecular weight is 286 g/mol. The topological polar surface area (TPSA) is 61.2 Å². The molecule has 0 atom stereocenters. The molecule has 0 amide bonds. The van der Waals surface area contributed by atoms with Gasteiger partial charge in [-0.25, -0.2) is 4.79 Å². The van der Waals surface area contributed by atoms with E-state index in [9.17, 15) is 9.59 Å². The van der Waals surface area contributed by atoms with Crippen molar-refractivity contribution in [2.24, 2.45) is 0 Å². The lowest BCUT2D eigenvalue weighted by Crippen LogP contribution is -2.25. The highest BCUT2D eigenvalue weighted by Crippen LogP contribution is 2.17. The van der Waals surface area contributed by atoms with Gasteiger partial charge in [0.05, 0.1) is 24.1 Å². The number of carbonyl (C=O) groups is 1. The predicted molar refractivity (Wildman–Crippen MR) is 80.0 cm³/mol. The molecule has 0 unspecified atom stereocenters. The van der Waals surface area contributed by atoms with Crippen LogP contribution in [0.15, 0.2) is 29.3 Å². The lowest BCUT2D eigenvalue weighted by molar-refractivity contribution is 0.0523. The van der Waals surface area contributed by atoms with E-state index >= 15 is 0 Å². The van der Waals surface area contributed by atoms with Gasteiger partial charge < -0.3 is 4.74 Å². The normalized spacial score (nSPS) is 10.5. The van der Waals surface area contributed by atoms with Crippen LogP contribution in [0.4, 0.5) is 0 Å². The second-order valence-electron chi connectivity index (χ2n) is 4.90. The SMILES string of the molecule is CCOC(=O)c1c(C)cc(=O)n(-c2cncc(C)c2)c1C. The van der Waals surface area contributed by atoms with Crippen LogP contribution in [0, 0.1) is 20.8 Å². The Morgan fingerprint density at radius 2 is 1.95 bits per heavy atom. The molecular formula is C16H18N2O3. The van der Waals surface area contributed by atoms with E-state index in [4.69, 9.17) is 4.74 Å². The molecule has 0 N–H and O–H groups in total. The minimum atomic E-state index is -0.415. The van der Waals surface area contributed by atoms with Gasteiger partial charge in [0.2, 0.25) is 0 Å². The molecule has 0 radical (unpaired) electrons. The summed E-state index contributed by atoms with van der Waals surface area (Å²) in [5, 5.41) is 0. The van der Waals surface area contributed by atoms with E-state index in [0.29, 0.717) is 29.1 Å². The lowest BCUT2D eigenvalue weighted by atomic mass is 10.1. The van der Waals surface area contributed by atoms with Gasteiger partial charge in [-0.3, -0.25) is 14.3 Å². The largest absolute Gasteiger partial charge is 0.462 e. The first kappa shape index (κ1) is 15.0. The van der Waals surface area contributed by atoms with E-state index in [1.165, 1.54) is 10.6 Å². The van der Waals surface area contributed by atoms with Gasteiger partial charge in [-0.05, 0) is 44.9 Å². The molecule has 0 bridgehead atoms. The summed E-state index contributed by atoms with van der Waals surface area (Å²) in [7, 11) is 0. The van der Waals surface area contributed by atoms with Crippen molar-refractivity contribution in [3.05, 3.63) is 57.3 Å². The standard InChI is InChI=1S/C16H18N2O3/c1-5-21-16(20)15-11(3)7-14(19)18(12(15)4)13-6-10(2)8-17-9-13/h6-9H,5H2,1-4H3. The minimum absolute atomic E-state index is 0.189. The molecule has 2 aromatic heterocycles. The molecule has 0 aliphatic carbocycles. The maximum atomic E-state index is 12.3. The van der Waals surface area contributed by atoms with Gasteiger partial charge in [-0.2, -0.15) is 0 Å². The van der Waals surface area contributed by atoms with Crippen LogP contribution in [0.2, 0.25) is 0 Å². The van der Waals surface area contributed by atoms with Crippen molar-refractivity contribution >= 4 is 5.97 Å². The Morgan fingerprint density at radius 3 is 2.57 bits per heavy atom. The third-order valence-electron chi connectivity index (χ3n) is 3.25. The number of hydrogen-bond donors (Lipinski definition) is 0. The summed E-state index contributed by atoms with van der Waals surface area (Å²) in [5.74, 6) is -0.415. The smallest absolute Gasteiger partial charge is 0.340 e. The van der Waals surface area contributed by atoms with Crippen LogP contribution < -0.4 is 5.56 Å². The fourth-order valence-corrected chi connectivity index (χ4v) is 2.38. The van der Waals surface area contributed by atoms with Crippen LogP contribution in [0.3, 0.4) is 0 Å². The Labute approximate surface area is 123 Å². The molecule has 0 saturated carbocycles. The van der Waals surface area contributed by atoms with Crippen LogP contribution in [-0.4, -0.2) is 22.1 Å². The Morgan fingerprint density at radius 1 is 1.24 bits per heavy atom. The van der Waals surface area contributed by atoms with E-state index in [-0.39, 0.29) is 5.56 Å². The molecule has 0 aliphatic heterocycles. The average Bonchev–Trinajstić information content (AvgIpc) is 2.38. The molecule has 0 saturated heterocycles. The highest BCUT2D eigenvalue weighted by Gasteiger charge is 2.18. The van der Waals surface area contributed by atoms with Crippen LogP contribution in [0.5, 0.6) is 0 Å². The van der Waals surface area contributed by atoms with Gasteiger partial charge in [-0.15, -0.1) is 0 Å². The fraction of sp³-hybridized carbons (Fsp3) is 0.312. The van der Waals surface area contributed by atoms with E-state index < -0.39 is 5.97 Å². The van der Waals surface area contributed by atoms with Crippen molar-refractivity contribution in [3.8, 4) is 5.69 Å². The number of rotatable bonds is 3. The maximum Gasteiger partial charge on any atom is 0.340 e. The molecule has 2 aromatic rings. The van der Waals surface area contributed by atoms with Gasteiger partial charge in [0.15, 0.2) is 0 Å². The van der Waals surface area contributed by atoms with Gasteiger partial charge in [0, 0.05) is 18.0 Å². The molecule has 21 heavy (non-hydrogen) atoms. The van der Waals surface area contributed by atoms with Crippen LogP contribution in [0.25, 0.3) is 5.69 Å². The van der Waals surface area contributed by atoms with Crippen molar-refractivity contribution < 1.29 is 9.53 Å². The van der Waals surface area contributed by atoms with Gasteiger partial charge in [-0.1, -0.05) is 0 Å². The number of carbonyl (C=O) groups excluding carboxylic acids is 1. The van der Waals surface area contributed by atoms with Gasteiger partial charge in [0.25, 0.3) is 5.56 Å². The molecule has 0 aromatic carbocycles. The summed E-state index contributed by atoms with van der Waals surface area (Å²) in [4.78, 5) is 28.5. The molecule has 5 heteroatoms. The Bertz CT molecular complexity index is 748. The highest BCUT2D eigenvalue weighted by atomic mass is 16.5. The third kappa shape index (κ3) is 2.86. The van der Waals surface area contributed by atoms with Crippen molar-refractivity contribution in [1.82, 2.24) is 9.55 Å². The first-order valence-electron chi connectivity index (χ1n) is 6.78. The Hall–Kier alpha value is -2.43. The lowest BCUT2D eigenvalue weighted by Gasteiger charge is -2.15. The number of ether oxygens (including phenoxy) is 1. The van der Waals surface area contributed by atoms with Crippen LogP contribution in [-0.2, 0) is 4.74 Å². The van der Waals surface area contributed by atoms with E-state index in [1.807, 2.05) is 13.0 Å². The van der Waals surface area contributed by atoms with Crippen LogP contribution >= 0.6 is 0 Å². The molecule has 5 nitrogen and oxygen atoms in total. The van der Waals surface area contributed by atoms with Crippen molar-refractivity contribution in [3.63, 3.8) is 0 Å². The Balaban J connectivity index is 2.70. The van der Waals surface area contributed by atoms with Gasteiger partial charge in [0.1, 0.15) is 0 Å². The Kier molecular flexibility index (Phi) is 4.21. The molecule has 2 heterocycles. The zero-order chi connectivity index (χ0) is 15.6.